The summed E-state index contributed by atoms with van der Waals surface area (Å²) in [6.07, 6.45) is -2.72. The van der Waals surface area contributed by atoms with Crippen molar-refractivity contribution >= 4 is 8.32 Å². The number of nitrogens with zero attached hydrogens (tertiary/aromatic N) is 3. The normalized spacial score (nSPS) is 25.4. The molecule has 0 spiro atoms. The molecular weight excluding hydrogens is 438 g/mol. The second-order valence-corrected chi connectivity index (χ2v) is 13.4. The van der Waals surface area contributed by atoms with Crippen molar-refractivity contribution in [2.24, 2.45) is 5.11 Å². The lowest BCUT2D eigenvalue weighted by Crippen LogP contribution is -2.63. The molecule has 5 atom stereocenters. The average Bonchev–Trinajstić information content (AvgIpc) is 2.81. The van der Waals surface area contributed by atoms with Gasteiger partial charge in [0.15, 0.2) is 14.6 Å². The van der Waals surface area contributed by atoms with E-state index in [-0.39, 0.29) is 6.54 Å². The van der Waals surface area contributed by atoms with Crippen LogP contribution in [0.4, 0.5) is 0 Å². The van der Waals surface area contributed by atoms with E-state index in [1.807, 2.05) is 60.7 Å². The van der Waals surface area contributed by atoms with Crippen LogP contribution >= 0.6 is 0 Å². The number of hydrogen-bond donors (Lipinski definition) is 0. The SMILES string of the molecule is CO[C@H]1O[C@H](CN=[N+]=[N-])[C@@H](O[Si](C)(C)C)[C@H](OCc2ccccc2)[C@H]1OCc1ccccc1. The van der Waals surface area contributed by atoms with Crippen molar-refractivity contribution in [2.45, 2.75) is 63.6 Å². The molecule has 0 bridgehead atoms. The molecule has 0 aromatic heterocycles. The second-order valence-electron chi connectivity index (χ2n) is 8.91. The van der Waals surface area contributed by atoms with Crippen LogP contribution in [-0.2, 0) is 36.6 Å². The largest absolute Gasteiger partial charge is 0.409 e. The Bertz CT molecular complexity index is 890. The summed E-state index contributed by atoms with van der Waals surface area (Å²) < 4.78 is 31.2. The smallest absolute Gasteiger partial charge is 0.186 e. The van der Waals surface area contributed by atoms with Crippen LogP contribution in [0.2, 0.25) is 19.6 Å². The number of methoxy groups -OCH3 is 1. The average molecular weight is 472 g/mol. The lowest BCUT2D eigenvalue weighted by molar-refractivity contribution is -0.305. The maximum atomic E-state index is 8.90. The highest BCUT2D eigenvalue weighted by molar-refractivity contribution is 6.69. The fourth-order valence-corrected chi connectivity index (χ4v) is 4.88. The Morgan fingerprint density at radius 1 is 0.879 bits per heavy atom. The minimum atomic E-state index is -2.02. The van der Waals surface area contributed by atoms with Crippen LogP contribution < -0.4 is 0 Å². The van der Waals surface area contributed by atoms with Gasteiger partial charge in [0.25, 0.3) is 0 Å². The molecule has 0 saturated carbocycles. The lowest BCUT2D eigenvalue weighted by Gasteiger charge is -2.47. The number of benzene rings is 2. The Labute approximate surface area is 196 Å². The molecule has 0 unspecified atom stereocenters. The van der Waals surface area contributed by atoms with E-state index in [1.165, 1.54) is 0 Å². The van der Waals surface area contributed by atoms with Gasteiger partial charge in [0.05, 0.1) is 25.9 Å². The van der Waals surface area contributed by atoms with Crippen LogP contribution in [0, 0.1) is 0 Å². The van der Waals surface area contributed by atoms with Gasteiger partial charge in [-0.25, -0.2) is 0 Å². The molecule has 3 rings (SSSR count). The zero-order valence-corrected chi connectivity index (χ0v) is 20.7. The number of ether oxygens (including phenoxy) is 4. The molecule has 2 aromatic rings. The molecule has 0 N–H and O–H groups in total. The van der Waals surface area contributed by atoms with E-state index in [9.17, 15) is 0 Å². The Morgan fingerprint density at radius 3 is 1.91 bits per heavy atom. The molecule has 8 nitrogen and oxygen atoms in total. The van der Waals surface area contributed by atoms with Gasteiger partial charge in [-0.15, -0.1) is 0 Å². The molecule has 178 valence electrons. The molecule has 0 radical (unpaired) electrons. The molecule has 9 heteroatoms. The first-order valence-electron chi connectivity index (χ1n) is 11.1. The van der Waals surface area contributed by atoms with Crippen molar-refractivity contribution in [2.75, 3.05) is 13.7 Å². The Morgan fingerprint density at radius 2 is 1.42 bits per heavy atom. The van der Waals surface area contributed by atoms with Gasteiger partial charge in [0.1, 0.15) is 18.3 Å². The molecule has 1 heterocycles. The van der Waals surface area contributed by atoms with Gasteiger partial charge in [-0.05, 0) is 36.3 Å². The predicted molar refractivity (Wildman–Crippen MR) is 128 cm³/mol. The van der Waals surface area contributed by atoms with Gasteiger partial charge < -0.3 is 23.4 Å². The lowest BCUT2D eigenvalue weighted by atomic mass is 9.98. The quantitative estimate of drug-likeness (QED) is 0.198. The summed E-state index contributed by atoms with van der Waals surface area (Å²) in [5.74, 6) is 0. The number of azide groups is 1. The van der Waals surface area contributed by atoms with E-state index < -0.39 is 39.0 Å². The highest BCUT2D eigenvalue weighted by Gasteiger charge is 2.49. The molecule has 33 heavy (non-hydrogen) atoms. The maximum absolute atomic E-state index is 8.90. The van der Waals surface area contributed by atoms with Crippen molar-refractivity contribution in [3.63, 3.8) is 0 Å². The van der Waals surface area contributed by atoms with Gasteiger partial charge in [0.2, 0.25) is 0 Å². The topological polar surface area (TPSA) is 94.9 Å². The van der Waals surface area contributed by atoms with E-state index >= 15 is 0 Å². The van der Waals surface area contributed by atoms with E-state index in [0.717, 1.165) is 11.1 Å². The van der Waals surface area contributed by atoms with Crippen LogP contribution in [0.15, 0.2) is 65.8 Å². The third-order valence-electron chi connectivity index (χ3n) is 5.21. The zero-order valence-electron chi connectivity index (χ0n) is 19.7. The molecule has 1 saturated heterocycles. The van der Waals surface area contributed by atoms with Gasteiger partial charge in [-0.2, -0.15) is 0 Å². The van der Waals surface area contributed by atoms with Crippen LogP contribution in [0.3, 0.4) is 0 Å². The van der Waals surface area contributed by atoms with Crippen molar-refractivity contribution in [1.29, 1.82) is 0 Å². The first-order valence-corrected chi connectivity index (χ1v) is 14.5. The fourth-order valence-electron chi connectivity index (χ4n) is 3.78. The summed E-state index contributed by atoms with van der Waals surface area (Å²) in [6, 6.07) is 19.9. The molecule has 2 aromatic carbocycles. The summed E-state index contributed by atoms with van der Waals surface area (Å²) in [4.78, 5) is 2.91. The second kappa shape index (κ2) is 12.3. The standard InChI is InChI=1S/C24H33N3O5Si/c1-28-24-23(30-17-19-13-9-6-10-14-19)22(29-16-18-11-7-5-8-12-18)21(32-33(2,3)4)20(31-24)15-26-27-25/h5-14,20-24H,15-17H2,1-4H3/t20-,21-,22+,23-,24+/m1/s1. The summed E-state index contributed by atoms with van der Waals surface area (Å²) in [6.45, 7) is 7.19. The molecule has 1 aliphatic heterocycles. The van der Waals surface area contributed by atoms with Crippen LogP contribution in [-0.4, -0.2) is 52.7 Å². The molecule has 0 amide bonds. The minimum Gasteiger partial charge on any atom is -0.409 e. The van der Waals surface area contributed by atoms with Crippen LogP contribution in [0.1, 0.15) is 11.1 Å². The summed E-state index contributed by atoms with van der Waals surface area (Å²) >= 11 is 0. The van der Waals surface area contributed by atoms with Crippen molar-refractivity contribution in [3.05, 3.63) is 82.2 Å². The third kappa shape index (κ3) is 7.65. The fraction of sp³-hybridized carbons (Fsp3) is 0.500. The molecule has 1 aliphatic rings. The molecular formula is C24H33N3O5Si. The Kier molecular flexibility index (Phi) is 9.46. The zero-order chi connectivity index (χ0) is 23.7. The number of hydrogen-bond acceptors (Lipinski definition) is 6. The summed E-state index contributed by atoms with van der Waals surface area (Å²) in [5.41, 5.74) is 11.0. The van der Waals surface area contributed by atoms with Gasteiger partial charge >= 0.3 is 0 Å². The number of rotatable bonds is 11. The highest BCUT2D eigenvalue weighted by Crippen LogP contribution is 2.32. The van der Waals surface area contributed by atoms with Crippen LogP contribution in [0.5, 0.6) is 0 Å². The first kappa shape index (κ1) is 25.4. The van der Waals surface area contributed by atoms with E-state index in [0.29, 0.717) is 13.2 Å². The van der Waals surface area contributed by atoms with Crippen LogP contribution in [0.25, 0.3) is 10.4 Å². The van der Waals surface area contributed by atoms with Gasteiger partial charge in [-0.3, -0.25) is 0 Å². The van der Waals surface area contributed by atoms with E-state index in [4.69, 9.17) is 28.9 Å². The molecule has 0 aliphatic carbocycles. The van der Waals surface area contributed by atoms with Crippen molar-refractivity contribution < 1.29 is 23.4 Å². The van der Waals surface area contributed by atoms with E-state index in [1.54, 1.807) is 7.11 Å². The van der Waals surface area contributed by atoms with Gasteiger partial charge in [0, 0.05) is 12.0 Å². The Hall–Kier alpha value is -2.23. The van der Waals surface area contributed by atoms with E-state index in [2.05, 4.69) is 29.7 Å². The Balaban J connectivity index is 1.89. The van der Waals surface area contributed by atoms with Crippen molar-refractivity contribution in [1.82, 2.24) is 0 Å². The summed E-state index contributed by atoms with van der Waals surface area (Å²) in [7, 11) is -0.444. The highest BCUT2D eigenvalue weighted by atomic mass is 28.4. The monoisotopic (exact) mass is 471 g/mol. The van der Waals surface area contributed by atoms with Gasteiger partial charge in [-0.1, -0.05) is 65.8 Å². The maximum Gasteiger partial charge on any atom is 0.186 e. The molecule has 1 fully saturated rings. The first-order chi connectivity index (χ1) is 15.9. The summed E-state index contributed by atoms with van der Waals surface area (Å²) in [5, 5.41) is 3.75. The minimum absolute atomic E-state index is 0.113. The van der Waals surface area contributed by atoms with Crippen molar-refractivity contribution in [3.8, 4) is 0 Å². The third-order valence-corrected chi connectivity index (χ3v) is 6.19. The predicted octanol–water partition coefficient (Wildman–Crippen LogP) is 5.06.